The molecule has 24 heavy (non-hydrogen) atoms. The van der Waals surface area contributed by atoms with Gasteiger partial charge in [0, 0.05) is 5.56 Å². The van der Waals surface area contributed by atoms with Gasteiger partial charge < -0.3 is 15.9 Å². The number of hydrogen-bond acceptors (Lipinski definition) is 3. The van der Waals surface area contributed by atoms with Crippen molar-refractivity contribution in [2.45, 2.75) is 0 Å². The number of fused-ring (bicyclic) bond motifs is 1. The summed E-state index contributed by atoms with van der Waals surface area (Å²) in [6.45, 7) is 0. The summed E-state index contributed by atoms with van der Waals surface area (Å²) in [5, 5.41) is 0. The minimum Gasteiger partial charge on any atom is -0.870 e. The molecule has 0 atom stereocenters. The molecule has 0 spiro atoms. The van der Waals surface area contributed by atoms with Crippen LogP contribution < -0.4 is 5.46 Å². The second-order valence-corrected chi connectivity index (χ2v) is 4.88. The quantitative estimate of drug-likeness (QED) is 0.546. The van der Waals surface area contributed by atoms with E-state index in [-0.39, 0.29) is 11.0 Å². The summed E-state index contributed by atoms with van der Waals surface area (Å²) in [5.41, 5.74) is 4.03. The number of benzene rings is 3. The molecule has 118 valence electrons. The Morgan fingerprint density at radius 2 is 1.21 bits per heavy atom. The van der Waals surface area contributed by atoms with Gasteiger partial charge in [0.05, 0.1) is 11.0 Å². The predicted octanol–water partition coefficient (Wildman–Crippen LogP) is 3.36. The van der Waals surface area contributed by atoms with E-state index in [0.717, 1.165) is 27.9 Å². The average Bonchev–Trinajstić information content (AvgIpc) is 3.01. The van der Waals surface area contributed by atoms with E-state index in [4.69, 9.17) is 7.85 Å². The number of aromatic amines is 1. The summed E-state index contributed by atoms with van der Waals surface area (Å²) < 4.78 is 0. The van der Waals surface area contributed by atoms with Gasteiger partial charge in [-0.25, -0.2) is 4.98 Å². The van der Waals surface area contributed by atoms with Gasteiger partial charge in [-0.05, 0) is 12.1 Å². The Morgan fingerprint density at radius 1 is 0.667 bits per heavy atom. The first-order valence-corrected chi connectivity index (χ1v) is 7.13. The van der Waals surface area contributed by atoms with Crippen molar-refractivity contribution in [1.82, 2.24) is 9.97 Å². The topological polar surface area (TPSA) is 88.7 Å². The molecule has 0 amide bonds. The van der Waals surface area contributed by atoms with E-state index in [2.05, 4.69) is 22.1 Å². The standard InChI is InChI=1S/C13H10N2.C6H5B.2H2O/c1-2-6-10(7-3-1)13-14-11-8-4-5-9-12(11)15-13;7-6-4-2-1-3-5-6;;/h1-9H,(H,14,15);1-5H;2*1H2/q;+2;;/p-2. The zero-order valence-electron chi connectivity index (χ0n) is 13.0. The smallest absolute Gasteiger partial charge is 0.138 e. The van der Waals surface area contributed by atoms with Crippen LogP contribution in [0.2, 0.25) is 0 Å². The van der Waals surface area contributed by atoms with E-state index >= 15 is 0 Å². The molecule has 0 saturated heterocycles. The van der Waals surface area contributed by atoms with Gasteiger partial charge in [-0.15, -0.1) is 0 Å². The minimum absolute atomic E-state index is 0. The van der Waals surface area contributed by atoms with Crippen LogP contribution in [0.5, 0.6) is 0 Å². The molecule has 0 bridgehead atoms. The van der Waals surface area contributed by atoms with Crippen molar-refractivity contribution < 1.29 is 11.0 Å². The third kappa shape index (κ3) is 4.81. The number of hydrogen-bond donors (Lipinski definition) is 1. The molecule has 4 aromatic rings. The number of H-pyrrole nitrogens is 1. The number of rotatable bonds is 1. The SMILES string of the molecule is [B+2]c1ccccc1.[OH-].[OH-].c1ccc(-c2nc3ccccc3[nH]2)cc1. The van der Waals surface area contributed by atoms with Gasteiger partial charge in [0.25, 0.3) is 0 Å². The molecule has 3 aromatic carbocycles. The number of imidazole rings is 1. The molecule has 0 aliphatic carbocycles. The van der Waals surface area contributed by atoms with Crippen molar-refractivity contribution in [3.8, 4) is 11.4 Å². The third-order valence-electron chi connectivity index (χ3n) is 3.24. The number of para-hydroxylation sites is 2. The second kappa shape index (κ2) is 9.30. The van der Waals surface area contributed by atoms with E-state index in [0.29, 0.717) is 0 Å². The number of nitrogens with zero attached hydrogens (tertiary/aromatic N) is 1. The Hall–Kier alpha value is -2.89. The van der Waals surface area contributed by atoms with Crippen LogP contribution in [-0.4, -0.2) is 28.8 Å². The van der Waals surface area contributed by atoms with Gasteiger partial charge in [-0.2, -0.15) is 0 Å². The largest absolute Gasteiger partial charge is 0.870 e. The van der Waals surface area contributed by atoms with Crippen LogP contribution in [0, 0.1) is 0 Å². The molecule has 4 rings (SSSR count). The van der Waals surface area contributed by atoms with Crippen LogP contribution in [0.15, 0.2) is 84.9 Å². The first-order valence-electron chi connectivity index (χ1n) is 7.13. The normalized spacial score (nSPS) is 9.25. The van der Waals surface area contributed by atoms with E-state index in [9.17, 15) is 0 Å². The Kier molecular flexibility index (Phi) is 7.42. The zero-order chi connectivity index (χ0) is 15.2. The average molecular weight is 316 g/mol. The van der Waals surface area contributed by atoms with Crippen LogP contribution in [0.3, 0.4) is 0 Å². The van der Waals surface area contributed by atoms with Gasteiger partial charge in [0.2, 0.25) is 0 Å². The van der Waals surface area contributed by atoms with Crippen molar-refractivity contribution >= 4 is 24.3 Å². The molecule has 0 saturated carbocycles. The summed E-state index contributed by atoms with van der Waals surface area (Å²) in [5.74, 6) is 0.928. The first kappa shape index (κ1) is 19.2. The number of aromatic nitrogens is 2. The minimum atomic E-state index is 0. The molecular formula is C19H17BN2O2. The van der Waals surface area contributed by atoms with Crippen LogP contribution in [0.25, 0.3) is 22.4 Å². The number of nitrogens with one attached hydrogen (secondary N) is 1. The van der Waals surface area contributed by atoms with Gasteiger partial charge in [0.1, 0.15) is 5.82 Å². The van der Waals surface area contributed by atoms with Crippen molar-refractivity contribution in [3.63, 3.8) is 0 Å². The summed E-state index contributed by atoms with van der Waals surface area (Å²) in [6, 6.07) is 27.7. The third-order valence-corrected chi connectivity index (χ3v) is 3.24. The van der Waals surface area contributed by atoms with Gasteiger partial charge in [-0.1, -0.05) is 42.5 Å². The maximum atomic E-state index is 5.36. The van der Waals surface area contributed by atoms with Crippen molar-refractivity contribution in [2.75, 3.05) is 0 Å². The second-order valence-electron chi connectivity index (χ2n) is 4.88. The maximum Gasteiger partial charge on any atom is 0.138 e. The molecule has 0 aliphatic heterocycles. The summed E-state index contributed by atoms with van der Waals surface area (Å²) in [7, 11) is 5.36. The zero-order valence-corrected chi connectivity index (χ0v) is 13.0. The van der Waals surface area contributed by atoms with Crippen LogP contribution in [0.4, 0.5) is 0 Å². The van der Waals surface area contributed by atoms with E-state index in [1.165, 1.54) is 0 Å². The molecule has 4 nitrogen and oxygen atoms in total. The molecule has 5 heteroatoms. The fourth-order valence-electron chi connectivity index (χ4n) is 2.14. The Labute approximate surface area is 142 Å². The molecule has 3 N–H and O–H groups in total. The monoisotopic (exact) mass is 316 g/mol. The predicted molar refractivity (Wildman–Crippen MR) is 97.2 cm³/mol. The molecule has 1 aromatic heterocycles. The van der Waals surface area contributed by atoms with E-state index < -0.39 is 0 Å². The summed E-state index contributed by atoms with van der Waals surface area (Å²) >= 11 is 0. The summed E-state index contributed by atoms with van der Waals surface area (Å²) in [6.07, 6.45) is 0. The fraction of sp³-hybridized carbons (Fsp3) is 0. The molecular weight excluding hydrogens is 299 g/mol. The van der Waals surface area contributed by atoms with Gasteiger partial charge in [-0.3, -0.25) is 0 Å². The Bertz CT molecular complexity index is 816. The Morgan fingerprint density at radius 3 is 1.75 bits per heavy atom. The van der Waals surface area contributed by atoms with Crippen LogP contribution >= 0.6 is 0 Å². The van der Waals surface area contributed by atoms with Crippen molar-refractivity contribution in [1.29, 1.82) is 0 Å². The molecule has 0 fully saturated rings. The Balaban J connectivity index is 0.000000276. The molecule has 1 heterocycles. The van der Waals surface area contributed by atoms with E-state index in [1.54, 1.807) is 0 Å². The maximum absolute atomic E-state index is 5.36. The molecule has 0 aliphatic rings. The van der Waals surface area contributed by atoms with Crippen LogP contribution in [-0.2, 0) is 0 Å². The van der Waals surface area contributed by atoms with Crippen molar-refractivity contribution in [3.05, 3.63) is 84.9 Å². The van der Waals surface area contributed by atoms with Gasteiger partial charge >= 0.3 is 43.6 Å². The molecule has 0 unspecified atom stereocenters. The van der Waals surface area contributed by atoms with Gasteiger partial charge in [0.15, 0.2) is 0 Å². The van der Waals surface area contributed by atoms with Crippen molar-refractivity contribution in [2.24, 2.45) is 0 Å². The van der Waals surface area contributed by atoms with E-state index in [1.807, 2.05) is 72.8 Å². The fourth-order valence-corrected chi connectivity index (χ4v) is 2.14. The molecule has 0 radical (unpaired) electrons. The van der Waals surface area contributed by atoms with Crippen LogP contribution in [0.1, 0.15) is 0 Å². The summed E-state index contributed by atoms with van der Waals surface area (Å²) in [4.78, 5) is 7.83. The first-order chi connectivity index (χ1) is 10.8.